The van der Waals surface area contributed by atoms with E-state index in [2.05, 4.69) is 4.99 Å². The Morgan fingerprint density at radius 1 is 1.23 bits per heavy atom. The fourth-order valence-corrected chi connectivity index (χ4v) is 1.44. The molecule has 0 saturated carbocycles. The van der Waals surface area contributed by atoms with Gasteiger partial charge in [-0.3, -0.25) is 9.79 Å². The van der Waals surface area contributed by atoms with Crippen molar-refractivity contribution in [1.29, 1.82) is 0 Å². The number of hydrogen-bond donors (Lipinski definition) is 0. The normalized spacial score (nSPS) is 18.5. The predicted octanol–water partition coefficient (Wildman–Crippen LogP) is 2.08. The van der Waals surface area contributed by atoms with Crippen LogP contribution in [0, 0.1) is 0 Å². The number of rotatable bonds is 0. The van der Waals surface area contributed by atoms with Gasteiger partial charge in [0.25, 0.3) is 0 Å². The molecule has 13 heavy (non-hydrogen) atoms. The molecule has 1 aromatic rings. The first-order valence-corrected chi connectivity index (χ1v) is 4.30. The van der Waals surface area contributed by atoms with Gasteiger partial charge < -0.3 is 0 Å². The largest absolute Gasteiger partial charge is 0.291 e. The van der Waals surface area contributed by atoms with E-state index in [0.717, 1.165) is 11.1 Å². The summed E-state index contributed by atoms with van der Waals surface area (Å²) in [5.41, 5.74) is 1.11. The van der Waals surface area contributed by atoms with Crippen LogP contribution in [-0.2, 0) is 0 Å². The quantitative estimate of drug-likeness (QED) is 0.590. The molecule has 2 nitrogen and oxygen atoms in total. The van der Waals surface area contributed by atoms with Crippen LogP contribution in [0.2, 0.25) is 0 Å². The van der Waals surface area contributed by atoms with Gasteiger partial charge in [0.15, 0.2) is 5.78 Å². The molecule has 0 aromatic heterocycles. The molecule has 66 valence electrons. The van der Waals surface area contributed by atoms with E-state index in [-0.39, 0.29) is 5.78 Å². The summed E-state index contributed by atoms with van der Waals surface area (Å²) in [7, 11) is 0. The molecule has 0 saturated heterocycles. The maximum Gasteiger partial charge on any atom is 0.190 e. The van der Waals surface area contributed by atoms with Gasteiger partial charge in [-0.15, -0.1) is 0 Å². The Hall–Kier alpha value is -1.44. The second-order valence-corrected chi connectivity index (χ2v) is 3.73. The molecule has 0 bridgehead atoms. The molecule has 2 rings (SSSR count). The monoisotopic (exact) mass is 173 g/mol. The Bertz CT molecular complexity index is 391. The minimum Gasteiger partial charge on any atom is -0.291 e. The van der Waals surface area contributed by atoms with E-state index < -0.39 is 5.54 Å². The molecule has 2 heteroatoms. The lowest BCUT2D eigenvalue weighted by molar-refractivity contribution is 0.0913. The molecule has 1 aromatic carbocycles. The van der Waals surface area contributed by atoms with Crippen LogP contribution in [0.25, 0.3) is 0 Å². The summed E-state index contributed by atoms with van der Waals surface area (Å²) in [5, 5.41) is 0. The summed E-state index contributed by atoms with van der Waals surface area (Å²) in [6.07, 6.45) is 1.77. The Morgan fingerprint density at radius 3 is 2.69 bits per heavy atom. The maximum absolute atomic E-state index is 11.8. The third-order valence-corrected chi connectivity index (χ3v) is 2.29. The Labute approximate surface area is 77.3 Å². The molecule has 0 atom stereocenters. The lowest BCUT2D eigenvalue weighted by atomic mass is 9.88. The lowest BCUT2D eigenvalue weighted by Crippen LogP contribution is -2.33. The maximum atomic E-state index is 11.8. The topological polar surface area (TPSA) is 29.4 Å². The summed E-state index contributed by atoms with van der Waals surface area (Å²) in [6, 6.07) is 7.55. The highest BCUT2D eigenvalue weighted by atomic mass is 16.1. The summed E-state index contributed by atoms with van der Waals surface area (Å²) < 4.78 is 0. The SMILES string of the molecule is CC1(C)N=Cc2ccccc2C1=O. The molecule has 0 fully saturated rings. The first kappa shape index (κ1) is 8.17. The van der Waals surface area contributed by atoms with Crippen LogP contribution in [0.4, 0.5) is 0 Å². The van der Waals surface area contributed by atoms with Crippen molar-refractivity contribution >= 4 is 12.0 Å². The van der Waals surface area contributed by atoms with Crippen LogP contribution in [0.3, 0.4) is 0 Å². The van der Waals surface area contributed by atoms with Gasteiger partial charge in [-0.25, -0.2) is 0 Å². The van der Waals surface area contributed by atoms with E-state index in [1.54, 1.807) is 6.21 Å². The predicted molar refractivity (Wildman–Crippen MR) is 52.4 cm³/mol. The smallest absolute Gasteiger partial charge is 0.190 e. The number of fused-ring (bicyclic) bond motifs is 1. The first-order chi connectivity index (χ1) is 6.11. The molecule has 0 spiro atoms. The zero-order chi connectivity index (χ0) is 9.47. The Kier molecular flexibility index (Phi) is 1.59. The van der Waals surface area contributed by atoms with Gasteiger partial charge in [-0.05, 0) is 13.8 Å². The van der Waals surface area contributed by atoms with Crippen molar-refractivity contribution < 1.29 is 4.79 Å². The highest BCUT2D eigenvalue weighted by molar-refractivity contribution is 6.11. The molecule has 1 aliphatic rings. The van der Waals surface area contributed by atoms with Crippen LogP contribution < -0.4 is 0 Å². The second kappa shape index (κ2) is 2.52. The fraction of sp³-hybridized carbons (Fsp3) is 0.273. The van der Waals surface area contributed by atoms with Crippen molar-refractivity contribution in [3.05, 3.63) is 35.4 Å². The number of benzene rings is 1. The number of carbonyl (C=O) groups is 1. The first-order valence-electron chi connectivity index (χ1n) is 4.30. The number of aliphatic imine (C=N–C) groups is 1. The zero-order valence-corrected chi connectivity index (χ0v) is 7.74. The van der Waals surface area contributed by atoms with Crippen LogP contribution >= 0.6 is 0 Å². The molecular weight excluding hydrogens is 162 g/mol. The van der Waals surface area contributed by atoms with Crippen molar-refractivity contribution in [1.82, 2.24) is 0 Å². The minimum atomic E-state index is -0.589. The molecule has 0 amide bonds. The number of hydrogen-bond acceptors (Lipinski definition) is 2. The molecule has 0 N–H and O–H groups in total. The average Bonchev–Trinajstić information content (AvgIpc) is 2.13. The standard InChI is InChI=1S/C11H11NO/c1-11(2)10(13)9-6-4-3-5-8(9)7-12-11/h3-7H,1-2H3. The molecule has 0 unspecified atom stereocenters. The van der Waals surface area contributed by atoms with Crippen LogP contribution in [0.5, 0.6) is 0 Å². The highest BCUT2D eigenvalue weighted by Crippen LogP contribution is 2.23. The highest BCUT2D eigenvalue weighted by Gasteiger charge is 2.31. The number of Topliss-reactive ketones (excluding diaryl/α,β-unsaturated/α-hetero) is 1. The number of carbonyl (C=O) groups excluding carboxylic acids is 1. The van der Waals surface area contributed by atoms with Crippen LogP contribution in [-0.4, -0.2) is 17.5 Å². The van der Waals surface area contributed by atoms with Crippen molar-refractivity contribution in [2.24, 2.45) is 4.99 Å². The van der Waals surface area contributed by atoms with E-state index in [0.29, 0.717) is 0 Å². The number of ketones is 1. The third kappa shape index (κ3) is 1.18. The minimum absolute atomic E-state index is 0.102. The molecule has 0 radical (unpaired) electrons. The van der Waals surface area contributed by atoms with E-state index in [1.165, 1.54) is 0 Å². The van der Waals surface area contributed by atoms with Crippen molar-refractivity contribution in [2.45, 2.75) is 19.4 Å². The fourth-order valence-electron chi connectivity index (χ4n) is 1.44. The van der Waals surface area contributed by atoms with E-state index >= 15 is 0 Å². The van der Waals surface area contributed by atoms with Crippen molar-refractivity contribution in [2.75, 3.05) is 0 Å². The average molecular weight is 173 g/mol. The summed E-state index contributed by atoms with van der Waals surface area (Å²) in [4.78, 5) is 16.0. The third-order valence-electron chi connectivity index (χ3n) is 2.29. The second-order valence-electron chi connectivity index (χ2n) is 3.73. The Balaban J connectivity index is 2.62. The van der Waals surface area contributed by atoms with Gasteiger partial charge >= 0.3 is 0 Å². The van der Waals surface area contributed by atoms with Gasteiger partial charge in [-0.2, -0.15) is 0 Å². The van der Waals surface area contributed by atoms with Gasteiger partial charge in [-0.1, -0.05) is 24.3 Å². The summed E-state index contributed by atoms with van der Waals surface area (Å²) in [6.45, 7) is 3.67. The lowest BCUT2D eigenvalue weighted by Gasteiger charge is -2.23. The van der Waals surface area contributed by atoms with E-state index in [1.807, 2.05) is 38.1 Å². The van der Waals surface area contributed by atoms with Gasteiger partial charge in [0.1, 0.15) is 5.54 Å². The van der Waals surface area contributed by atoms with Gasteiger partial charge in [0.05, 0.1) is 0 Å². The molecule has 1 aliphatic heterocycles. The summed E-state index contributed by atoms with van der Waals surface area (Å²) in [5.74, 6) is 0.102. The van der Waals surface area contributed by atoms with Crippen LogP contribution in [0.15, 0.2) is 29.3 Å². The number of nitrogens with zero attached hydrogens (tertiary/aromatic N) is 1. The van der Waals surface area contributed by atoms with E-state index in [4.69, 9.17) is 0 Å². The van der Waals surface area contributed by atoms with Crippen LogP contribution in [0.1, 0.15) is 29.8 Å². The molecule has 1 heterocycles. The van der Waals surface area contributed by atoms with Gasteiger partial charge in [0, 0.05) is 17.3 Å². The van der Waals surface area contributed by atoms with E-state index in [9.17, 15) is 4.79 Å². The van der Waals surface area contributed by atoms with Crippen molar-refractivity contribution in [3.8, 4) is 0 Å². The Morgan fingerprint density at radius 2 is 1.92 bits per heavy atom. The van der Waals surface area contributed by atoms with Gasteiger partial charge in [0.2, 0.25) is 0 Å². The summed E-state index contributed by atoms with van der Waals surface area (Å²) >= 11 is 0. The zero-order valence-electron chi connectivity index (χ0n) is 7.74. The molecule has 0 aliphatic carbocycles. The molecular formula is C11H11NO. The van der Waals surface area contributed by atoms with Crippen molar-refractivity contribution in [3.63, 3.8) is 0 Å².